The van der Waals surface area contributed by atoms with Gasteiger partial charge in [0.05, 0.1) is 6.61 Å². The van der Waals surface area contributed by atoms with Crippen LogP contribution in [0.25, 0.3) is 11.1 Å². The predicted molar refractivity (Wildman–Crippen MR) is 148 cm³/mol. The van der Waals surface area contributed by atoms with Gasteiger partial charge < -0.3 is 19.0 Å². The molecule has 5 rings (SSSR count). The van der Waals surface area contributed by atoms with Crippen molar-refractivity contribution in [2.45, 2.75) is 37.4 Å². The molecule has 0 spiro atoms. The molecule has 12 heteroatoms. The van der Waals surface area contributed by atoms with E-state index in [1.54, 1.807) is 5.48 Å². The van der Waals surface area contributed by atoms with Crippen LogP contribution in [-0.2, 0) is 14.8 Å². The molecular formula is C27H35N5O6S. The molecule has 1 amide bonds. The number of sulfonamides is 1. The van der Waals surface area contributed by atoms with Crippen LogP contribution in [-0.4, -0.2) is 79.4 Å². The van der Waals surface area contributed by atoms with Crippen LogP contribution in [0, 0.1) is 0 Å². The van der Waals surface area contributed by atoms with Gasteiger partial charge in [0, 0.05) is 45.0 Å². The summed E-state index contributed by atoms with van der Waals surface area (Å²) in [5, 5.41) is 9.53. The number of aromatic nitrogens is 1. The van der Waals surface area contributed by atoms with Gasteiger partial charge in [0.2, 0.25) is 10.0 Å². The molecule has 1 aromatic heterocycles. The minimum absolute atomic E-state index is 0.000158. The summed E-state index contributed by atoms with van der Waals surface area (Å²) in [4.78, 5) is 21.4. The molecule has 2 saturated heterocycles. The van der Waals surface area contributed by atoms with Gasteiger partial charge in [-0.25, -0.2) is 13.9 Å². The second-order valence-electron chi connectivity index (χ2n) is 9.97. The Bertz CT molecular complexity index is 1340. The Balaban J connectivity index is 1.25. The van der Waals surface area contributed by atoms with E-state index in [-0.39, 0.29) is 39.0 Å². The van der Waals surface area contributed by atoms with E-state index >= 15 is 0 Å². The van der Waals surface area contributed by atoms with Crippen LogP contribution in [0.4, 0.5) is 11.7 Å². The molecule has 39 heavy (non-hydrogen) atoms. The van der Waals surface area contributed by atoms with Crippen molar-refractivity contribution in [3.63, 3.8) is 0 Å². The fourth-order valence-corrected chi connectivity index (χ4v) is 7.40. The van der Waals surface area contributed by atoms with Gasteiger partial charge in [-0.3, -0.25) is 10.0 Å². The summed E-state index contributed by atoms with van der Waals surface area (Å²) in [7, 11) is -4.08. The summed E-state index contributed by atoms with van der Waals surface area (Å²) in [6.45, 7) is 4.74. The average molecular weight is 558 g/mol. The number of piperidine rings is 1. The third-order valence-electron chi connectivity index (χ3n) is 7.68. The van der Waals surface area contributed by atoms with Crippen molar-refractivity contribution in [1.82, 2.24) is 14.8 Å². The van der Waals surface area contributed by atoms with E-state index in [9.17, 15) is 18.4 Å². The summed E-state index contributed by atoms with van der Waals surface area (Å²) in [5.41, 5.74) is 3.97. The molecule has 2 aromatic carbocycles. The number of nitrogens with one attached hydrogen (secondary N) is 1. The molecule has 11 nitrogen and oxygen atoms in total. The number of fused-ring (bicyclic) bond motifs is 1. The molecule has 2 aliphatic rings. The highest BCUT2D eigenvalue weighted by molar-refractivity contribution is 7.91. The Morgan fingerprint density at radius 1 is 1.03 bits per heavy atom. The maximum atomic E-state index is 13.9. The molecule has 2 N–H and O–H groups in total. The van der Waals surface area contributed by atoms with Crippen LogP contribution in [0.1, 0.15) is 32.6 Å². The number of rotatable bonds is 9. The monoisotopic (exact) mass is 557 g/mol. The molecule has 210 valence electrons. The highest BCUT2D eigenvalue weighted by Gasteiger charge is 2.55. The van der Waals surface area contributed by atoms with Gasteiger partial charge in [0.15, 0.2) is 10.3 Å². The Hall–Kier alpha value is -3.35. The Morgan fingerprint density at radius 3 is 2.36 bits per heavy atom. The van der Waals surface area contributed by atoms with E-state index in [4.69, 9.17) is 9.15 Å². The lowest BCUT2D eigenvalue weighted by Gasteiger charge is -2.43. The quantitative estimate of drug-likeness (QED) is 0.232. The number of carbonyl (C=O) groups excluding carboxylic acids is 1. The predicted octanol–water partition coefficient (Wildman–Crippen LogP) is 3.00. The molecule has 0 atom stereocenters. The van der Waals surface area contributed by atoms with Crippen molar-refractivity contribution in [1.29, 1.82) is 0 Å². The molecule has 3 aromatic rings. The molecular weight excluding hydrogens is 522 g/mol. The number of amides is 1. The lowest BCUT2D eigenvalue weighted by Crippen LogP contribution is -2.63. The summed E-state index contributed by atoms with van der Waals surface area (Å²) < 4.78 is 39.0. The second kappa shape index (κ2) is 11.4. The third-order valence-corrected chi connectivity index (χ3v) is 10.3. The first kappa shape index (κ1) is 27.2. The minimum atomic E-state index is -4.08. The first-order valence-corrected chi connectivity index (χ1v) is 14.8. The SMILES string of the molecule is CCCCOc1ccc(N2CCN(S(=O)(=O)C3(C(=O)NO)CCN(c4nc5ccccc5o4)CC3)CC2)cc1. The zero-order chi connectivity index (χ0) is 27.5. The van der Waals surface area contributed by atoms with Gasteiger partial charge in [-0.1, -0.05) is 25.5 Å². The van der Waals surface area contributed by atoms with Crippen LogP contribution in [0.15, 0.2) is 52.9 Å². The van der Waals surface area contributed by atoms with Gasteiger partial charge in [-0.15, -0.1) is 0 Å². The first-order chi connectivity index (χ1) is 18.9. The fourth-order valence-electron chi connectivity index (χ4n) is 5.28. The van der Waals surface area contributed by atoms with E-state index in [1.165, 1.54) is 4.31 Å². The number of unbranched alkanes of at least 4 members (excludes halogenated alkanes) is 1. The summed E-state index contributed by atoms with van der Waals surface area (Å²) in [5.74, 6) is -0.0876. The van der Waals surface area contributed by atoms with Crippen LogP contribution >= 0.6 is 0 Å². The normalized spacial score (nSPS) is 18.3. The number of carbonyl (C=O) groups is 1. The lowest BCUT2D eigenvalue weighted by atomic mass is 9.95. The van der Waals surface area contributed by atoms with E-state index in [1.807, 2.05) is 53.4 Å². The molecule has 2 fully saturated rings. The van der Waals surface area contributed by atoms with Crippen LogP contribution in [0.2, 0.25) is 0 Å². The first-order valence-electron chi connectivity index (χ1n) is 13.4. The number of hydroxylamine groups is 1. The molecule has 0 saturated carbocycles. The second-order valence-corrected chi connectivity index (χ2v) is 12.2. The fraction of sp³-hybridized carbons (Fsp3) is 0.481. The van der Waals surface area contributed by atoms with Crippen molar-refractivity contribution in [3.05, 3.63) is 48.5 Å². The Kier molecular flexibility index (Phi) is 7.96. The number of hydrogen-bond donors (Lipinski definition) is 2. The lowest BCUT2D eigenvalue weighted by molar-refractivity contribution is -0.132. The van der Waals surface area contributed by atoms with E-state index in [0.29, 0.717) is 36.8 Å². The van der Waals surface area contributed by atoms with Gasteiger partial charge in [0.25, 0.3) is 11.9 Å². The van der Waals surface area contributed by atoms with Gasteiger partial charge >= 0.3 is 0 Å². The van der Waals surface area contributed by atoms with E-state index < -0.39 is 20.7 Å². The highest BCUT2D eigenvalue weighted by atomic mass is 32.2. The van der Waals surface area contributed by atoms with Crippen molar-refractivity contribution in [3.8, 4) is 5.75 Å². The van der Waals surface area contributed by atoms with Crippen LogP contribution in [0.5, 0.6) is 5.75 Å². The molecule has 3 heterocycles. The van der Waals surface area contributed by atoms with E-state index in [2.05, 4.69) is 16.8 Å². The van der Waals surface area contributed by atoms with Crippen molar-refractivity contribution in [2.24, 2.45) is 0 Å². The van der Waals surface area contributed by atoms with Crippen LogP contribution in [0.3, 0.4) is 0 Å². The minimum Gasteiger partial charge on any atom is -0.494 e. The van der Waals surface area contributed by atoms with Gasteiger partial charge in [-0.2, -0.15) is 9.29 Å². The standard InChI is InChI=1S/C27H35N5O6S/c1-2-3-20-37-22-10-8-21(9-11-22)30-16-18-32(19-17-30)39(35,36)27(25(33)29-34)12-14-31(15-13-27)26-28-23-6-4-5-7-24(23)38-26/h4-11,34H,2-3,12-20H2,1H3,(H,29,33). The molecule has 0 radical (unpaired) electrons. The third kappa shape index (κ3) is 5.28. The molecule has 2 aliphatic heterocycles. The number of ether oxygens (including phenoxy) is 1. The topological polar surface area (TPSA) is 128 Å². The highest BCUT2D eigenvalue weighted by Crippen LogP contribution is 2.36. The van der Waals surface area contributed by atoms with Crippen molar-refractivity contribution >= 4 is 38.7 Å². The zero-order valence-corrected chi connectivity index (χ0v) is 22.9. The number of nitrogens with zero attached hydrogens (tertiary/aromatic N) is 4. The maximum absolute atomic E-state index is 13.9. The Morgan fingerprint density at radius 2 is 1.72 bits per heavy atom. The van der Waals surface area contributed by atoms with Crippen LogP contribution < -0.4 is 20.0 Å². The molecule has 0 bridgehead atoms. The molecule has 0 aliphatic carbocycles. The zero-order valence-electron chi connectivity index (χ0n) is 22.1. The van der Waals surface area contributed by atoms with Gasteiger partial charge in [0.1, 0.15) is 11.3 Å². The number of oxazole rings is 1. The smallest absolute Gasteiger partial charge is 0.298 e. The largest absolute Gasteiger partial charge is 0.494 e. The molecule has 0 unspecified atom stereocenters. The summed E-state index contributed by atoms with van der Waals surface area (Å²) in [6, 6.07) is 15.6. The summed E-state index contributed by atoms with van der Waals surface area (Å²) in [6.07, 6.45) is 2.08. The van der Waals surface area contributed by atoms with Crippen molar-refractivity contribution < 1.29 is 27.6 Å². The number of piperazine rings is 1. The summed E-state index contributed by atoms with van der Waals surface area (Å²) >= 11 is 0. The Labute approximate surface area is 228 Å². The van der Waals surface area contributed by atoms with Crippen molar-refractivity contribution in [2.75, 3.05) is 55.7 Å². The average Bonchev–Trinajstić information content (AvgIpc) is 3.42. The number of para-hydroxylation sites is 2. The van der Waals surface area contributed by atoms with E-state index in [0.717, 1.165) is 24.3 Å². The number of benzene rings is 2. The number of anilines is 2. The maximum Gasteiger partial charge on any atom is 0.298 e. The van der Waals surface area contributed by atoms with Gasteiger partial charge in [-0.05, 0) is 55.7 Å². The number of hydrogen-bond acceptors (Lipinski definition) is 9.